The number of carbonyl (C=O) groups is 2. The number of imidazole rings is 1. The van der Waals surface area contributed by atoms with Gasteiger partial charge in [-0.05, 0) is 43.3 Å². The zero-order chi connectivity index (χ0) is 18.5. The van der Waals surface area contributed by atoms with E-state index in [1.54, 1.807) is 67.3 Å². The lowest BCUT2D eigenvalue weighted by Gasteiger charge is -2.14. The number of hydrogen-bond acceptors (Lipinski definition) is 4. The zero-order valence-corrected chi connectivity index (χ0v) is 14.5. The van der Waals surface area contributed by atoms with Crippen LogP contribution in [0.15, 0.2) is 67.0 Å². The Morgan fingerprint density at radius 2 is 1.77 bits per heavy atom. The molecule has 0 saturated heterocycles. The number of aryl methyl sites for hydroxylation is 1. The highest BCUT2D eigenvalue weighted by atomic mass is 16.5. The summed E-state index contributed by atoms with van der Waals surface area (Å²) >= 11 is 0. The monoisotopic (exact) mass is 349 g/mol. The summed E-state index contributed by atoms with van der Waals surface area (Å²) in [6, 6.07) is 15.8. The van der Waals surface area contributed by atoms with E-state index in [1.807, 2.05) is 18.2 Å². The summed E-state index contributed by atoms with van der Waals surface area (Å²) in [7, 11) is 1.77. The van der Waals surface area contributed by atoms with Crippen LogP contribution in [-0.4, -0.2) is 27.3 Å². The van der Waals surface area contributed by atoms with Crippen molar-refractivity contribution in [3.63, 3.8) is 0 Å². The number of ketones is 1. The number of nitrogens with zero attached hydrogens (tertiary/aromatic N) is 2. The molecule has 0 aliphatic carbocycles. The van der Waals surface area contributed by atoms with Crippen LogP contribution >= 0.6 is 0 Å². The van der Waals surface area contributed by atoms with Crippen LogP contribution in [0.4, 0.5) is 5.69 Å². The minimum atomic E-state index is -0.647. The minimum absolute atomic E-state index is 0.170. The Bertz CT molecular complexity index is 902. The molecule has 6 nitrogen and oxygen atoms in total. The molecule has 6 heteroatoms. The maximum Gasteiger partial charge on any atom is 0.265 e. The van der Waals surface area contributed by atoms with Crippen LogP contribution in [0.5, 0.6) is 5.75 Å². The van der Waals surface area contributed by atoms with Gasteiger partial charge in [0, 0.05) is 30.7 Å². The first-order valence-corrected chi connectivity index (χ1v) is 8.19. The fraction of sp³-hybridized carbons (Fsp3) is 0.150. The Balaban J connectivity index is 1.63. The molecule has 0 bridgehead atoms. The van der Waals surface area contributed by atoms with E-state index in [4.69, 9.17) is 4.74 Å². The molecule has 0 unspecified atom stereocenters. The Morgan fingerprint density at radius 3 is 2.38 bits per heavy atom. The largest absolute Gasteiger partial charge is 0.481 e. The van der Waals surface area contributed by atoms with Crippen LogP contribution in [0.3, 0.4) is 0 Å². The molecule has 1 amide bonds. The first kappa shape index (κ1) is 17.4. The SMILES string of the molecule is C[C@@H](Oc1ccccc1)C(=O)Nc1ccc(C(=O)c2nccn2C)cc1. The quantitative estimate of drug-likeness (QED) is 0.694. The van der Waals surface area contributed by atoms with Crippen molar-refractivity contribution >= 4 is 17.4 Å². The second-order valence-corrected chi connectivity index (χ2v) is 5.83. The van der Waals surface area contributed by atoms with Crippen molar-refractivity contribution in [1.29, 1.82) is 0 Å². The first-order chi connectivity index (χ1) is 12.5. The summed E-state index contributed by atoms with van der Waals surface area (Å²) < 4.78 is 7.26. The third-order valence-corrected chi connectivity index (χ3v) is 3.86. The summed E-state index contributed by atoms with van der Waals surface area (Å²) in [5.74, 6) is 0.561. The Labute approximate surface area is 151 Å². The second kappa shape index (κ2) is 7.65. The van der Waals surface area contributed by atoms with Crippen molar-refractivity contribution in [2.45, 2.75) is 13.0 Å². The molecule has 1 heterocycles. The van der Waals surface area contributed by atoms with E-state index >= 15 is 0 Å². The van der Waals surface area contributed by atoms with E-state index in [-0.39, 0.29) is 11.7 Å². The van der Waals surface area contributed by atoms with Crippen LogP contribution in [-0.2, 0) is 11.8 Å². The molecular formula is C20H19N3O3. The molecule has 3 aromatic rings. The average Bonchev–Trinajstić information content (AvgIpc) is 3.08. The number of anilines is 1. The van der Waals surface area contributed by atoms with Crippen LogP contribution in [0.25, 0.3) is 0 Å². The Kier molecular flexibility index (Phi) is 5.12. The number of hydrogen-bond donors (Lipinski definition) is 1. The molecule has 2 aromatic carbocycles. The van der Waals surface area contributed by atoms with E-state index < -0.39 is 6.10 Å². The summed E-state index contributed by atoms with van der Waals surface area (Å²) in [5, 5.41) is 2.78. The van der Waals surface area contributed by atoms with E-state index in [9.17, 15) is 9.59 Å². The number of nitrogens with one attached hydrogen (secondary N) is 1. The molecule has 0 aliphatic heterocycles. The van der Waals surface area contributed by atoms with Gasteiger partial charge >= 0.3 is 0 Å². The predicted octanol–water partition coefficient (Wildman–Crippen LogP) is 3.06. The van der Waals surface area contributed by atoms with Gasteiger partial charge in [-0.25, -0.2) is 4.98 Å². The van der Waals surface area contributed by atoms with Gasteiger partial charge in [0.15, 0.2) is 11.9 Å². The molecule has 26 heavy (non-hydrogen) atoms. The number of carbonyl (C=O) groups excluding carboxylic acids is 2. The minimum Gasteiger partial charge on any atom is -0.481 e. The highest BCUT2D eigenvalue weighted by molar-refractivity contribution is 6.07. The van der Waals surface area contributed by atoms with Crippen molar-refractivity contribution in [1.82, 2.24) is 9.55 Å². The molecule has 1 aromatic heterocycles. The Morgan fingerprint density at radius 1 is 1.08 bits per heavy atom. The van der Waals surface area contributed by atoms with Gasteiger partial charge in [-0.1, -0.05) is 18.2 Å². The standard InChI is InChI=1S/C20H19N3O3/c1-14(26-17-6-4-3-5-7-17)20(25)22-16-10-8-15(9-11-16)18(24)19-21-12-13-23(19)2/h3-14H,1-2H3,(H,22,25)/t14-/m1/s1. The van der Waals surface area contributed by atoms with Crippen molar-refractivity contribution in [3.05, 3.63) is 78.4 Å². The van der Waals surface area contributed by atoms with Crippen LogP contribution in [0.1, 0.15) is 23.1 Å². The highest BCUT2D eigenvalue weighted by Crippen LogP contribution is 2.15. The normalized spacial score (nSPS) is 11.6. The van der Waals surface area contributed by atoms with Crippen molar-refractivity contribution < 1.29 is 14.3 Å². The number of para-hydroxylation sites is 1. The second-order valence-electron chi connectivity index (χ2n) is 5.83. The molecule has 0 spiro atoms. The number of amides is 1. The van der Waals surface area contributed by atoms with Crippen LogP contribution < -0.4 is 10.1 Å². The average molecular weight is 349 g/mol. The van der Waals surface area contributed by atoms with Crippen molar-refractivity contribution in [2.24, 2.45) is 7.05 Å². The smallest absolute Gasteiger partial charge is 0.265 e. The van der Waals surface area contributed by atoms with Gasteiger partial charge in [0.2, 0.25) is 5.78 Å². The molecule has 0 saturated carbocycles. The highest BCUT2D eigenvalue weighted by Gasteiger charge is 2.16. The molecule has 132 valence electrons. The van der Waals surface area contributed by atoms with Crippen molar-refractivity contribution in [3.8, 4) is 5.75 Å². The van der Waals surface area contributed by atoms with Gasteiger partial charge in [-0.15, -0.1) is 0 Å². The molecule has 0 radical (unpaired) electrons. The molecule has 0 fully saturated rings. The van der Waals surface area contributed by atoms with Crippen molar-refractivity contribution in [2.75, 3.05) is 5.32 Å². The lowest BCUT2D eigenvalue weighted by Crippen LogP contribution is -2.30. The van der Waals surface area contributed by atoms with E-state index in [1.165, 1.54) is 0 Å². The number of benzene rings is 2. The van der Waals surface area contributed by atoms with Gasteiger partial charge in [0.05, 0.1) is 0 Å². The maximum atomic E-state index is 12.4. The Hall–Kier alpha value is -3.41. The van der Waals surface area contributed by atoms with Gasteiger partial charge in [-0.2, -0.15) is 0 Å². The zero-order valence-electron chi connectivity index (χ0n) is 14.5. The predicted molar refractivity (Wildman–Crippen MR) is 98.2 cm³/mol. The molecule has 3 rings (SSSR count). The topological polar surface area (TPSA) is 73.2 Å². The van der Waals surface area contributed by atoms with Crippen LogP contribution in [0.2, 0.25) is 0 Å². The van der Waals surface area contributed by atoms with E-state index in [0.29, 0.717) is 22.8 Å². The van der Waals surface area contributed by atoms with Gasteiger partial charge in [0.1, 0.15) is 5.75 Å². The number of ether oxygens (including phenoxy) is 1. The molecular weight excluding hydrogens is 330 g/mol. The first-order valence-electron chi connectivity index (χ1n) is 8.19. The number of aromatic nitrogens is 2. The summed E-state index contributed by atoms with van der Waals surface area (Å²) in [6.45, 7) is 1.68. The fourth-order valence-electron chi connectivity index (χ4n) is 2.42. The third kappa shape index (κ3) is 3.97. The van der Waals surface area contributed by atoms with Gasteiger partial charge < -0.3 is 14.6 Å². The fourth-order valence-corrected chi connectivity index (χ4v) is 2.42. The third-order valence-electron chi connectivity index (χ3n) is 3.86. The van der Waals surface area contributed by atoms with E-state index in [2.05, 4.69) is 10.3 Å². The number of rotatable bonds is 6. The van der Waals surface area contributed by atoms with Gasteiger partial charge in [-0.3, -0.25) is 9.59 Å². The lowest BCUT2D eigenvalue weighted by molar-refractivity contribution is -0.122. The summed E-state index contributed by atoms with van der Waals surface area (Å²) in [4.78, 5) is 28.7. The molecule has 0 aliphatic rings. The lowest BCUT2D eigenvalue weighted by atomic mass is 10.1. The van der Waals surface area contributed by atoms with Gasteiger partial charge in [0.25, 0.3) is 5.91 Å². The molecule has 1 atom stereocenters. The molecule has 1 N–H and O–H groups in total. The maximum absolute atomic E-state index is 12.4. The van der Waals surface area contributed by atoms with Crippen LogP contribution in [0, 0.1) is 0 Å². The summed E-state index contributed by atoms with van der Waals surface area (Å²) in [6.07, 6.45) is 2.65. The summed E-state index contributed by atoms with van der Waals surface area (Å²) in [5.41, 5.74) is 1.10. The van der Waals surface area contributed by atoms with E-state index in [0.717, 1.165) is 0 Å².